The summed E-state index contributed by atoms with van der Waals surface area (Å²) in [6, 6.07) is 5.19. The zero-order valence-corrected chi connectivity index (χ0v) is 16.8. The number of carbonyl (C=O) groups is 1. The number of hydrogen-bond donors (Lipinski definition) is 1. The zero-order valence-electron chi connectivity index (χ0n) is 15.9. The number of piperazine rings is 1. The number of thiol groups is 1. The van der Waals surface area contributed by atoms with Gasteiger partial charge in [0.2, 0.25) is 11.8 Å². The first-order valence-electron chi connectivity index (χ1n) is 9.39. The van der Waals surface area contributed by atoms with Crippen molar-refractivity contribution in [2.75, 3.05) is 37.6 Å². The van der Waals surface area contributed by atoms with Crippen molar-refractivity contribution in [2.45, 2.75) is 18.8 Å². The van der Waals surface area contributed by atoms with Crippen LogP contribution in [0, 0.1) is 0 Å². The van der Waals surface area contributed by atoms with Crippen molar-refractivity contribution in [1.82, 2.24) is 19.2 Å². The molecule has 3 heterocycles. The Kier molecular flexibility index (Phi) is 5.85. The maximum absolute atomic E-state index is 12.6. The first-order valence-corrected chi connectivity index (χ1v) is 9.79. The third-order valence-electron chi connectivity index (χ3n) is 4.99. The summed E-state index contributed by atoms with van der Waals surface area (Å²) in [7, 11) is 0. The van der Waals surface area contributed by atoms with E-state index in [0.717, 1.165) is 17.7 Å². The van der Waals surface area contributed by atoms with Crippen molar-refractivity contribution in [3.05, 3.63) is 47.8 Å². The van der Waals surface area contributed by atoms with Crippen molar-refractivity contribution in [1.29, 1.82) is 0 Å². The minimum Gasteiger partial charge on any atom is -0.471 e. The van der Waals surface area contributed by atoms with Crippen LogP contribution in [0.1, 0.15) is 11.1 Å². The molecule has 2 aliphatic rings. The molecule has 0 aliphatic carbocycles. The number of nitrogens with zero attached hydrogens (tertiary/aromatic N) is 5. The Hall–Kier alpha value is -2.37. The topological polar surface area (TPSA) is 61.8 Å². The molecule has 30 heavy (non-hydrogen) atoms. The number of anilines is 1. The summed E-state index contributed by atoms with van der Waals surface area (Å²) in [4.78, 5) is 24.2. The molecule has 11 heteroatoms. The van der Waals surface area contributed by atoms with Crippen molar-refractivity contribution < 1.29 is 22.7 Å². The van der Waals surface area contributed by atoms with Gasteiger partial charge in [-0.3, -0.25) is 14.6 Å². The van der Waals surface area contributed by atoms with Crippen LogP contribution in [0.15, 0.2) is 36.7 Å². The van der Waals surface area contributed by atoms with E-state index < -0.39 is 11.7 Å². The smallest absolute Gasteiger partial charge is 0.416 e. The van der Waals surface area contributed by atoms with Gasteiger partial charge in [0.1, 0.15) is 6.10 Å². The third kappa shape index (κ3) is 4.85. The Labute approximate surface area is 177 Å². The van der Waals surface area contributed by atoms with Crippen molar-refractivity contribution >= 4 is 24.5 Å². The second-order valence-electron chi connectivity index (χ2n) is 7.28. The fourth-order valence-electron chi connectivity index (χ4n) is 3.37. The van der Waals surface area contributed by atoms with Crippen LogP contribution >= 0.6 is 12.8 Å². The minimum atomic E-state index is -4.32. The molecule has 1 amide bonds. The number of rotatable bonds is 5. The van der Waals surface area contributed by atoms with Gasteiger partial charge in [0.15, 0.2) is 5.82 Å². The highest BCUT2D eigenvalue weighted by molar-refractivity contribution is 7.77. The predicted octanol–water partition coefficient (Wildman–Crippen LogP) is 2.25. The standard InChI is InChI=1S/C19H20F3N5O2S/c20-19(21,22)14-3-1-13(2-4-14)9-25-10-15(11-25)29-17-8-23-16(7-24-17)27-6-5-26(30)12-18(27)28/h1-4,7-8,15,30H,5-6,9-12H2. The lowest BCUT2D eigenvalue weighted by molar-refractivity contribution is -0.137. The van der Waals surface area contributed by atoms with Gasteiger partial charge < -0.3 is 4.74 Å². The number of halogens is 3. The molecule has 1 aromatic carbocycles. The van der Waals surface area contributed by atoms with Gasteiger partial charge in [0.25, 0.3) is 0 Å². The van der Waals surface area contributed by atoms with Crippen molar-refractivity contribution in [3.8, 4) is 5.88 Å². The Bertz CT molecular complexity index is 889. The zero-order chi connectivity index (χ0) is 21.3. The molecular formula is C19H20F3N5O2S. The highest BCUT2D eigenvalue weighted by atomic mass is 32.1. The second-order valence-corrected chi connectivity index (χ2v) is 7.84. The first-order chi connectivity index (χ1) is 14.3. The number of amides is 1. The average Bonchev–Trinajstić information content (AvgIpc) is 2.67. The molecule has 0 unspecified atom stereocenters. The molecule has 2 fully saturated rings. The lowest BCUT2D eigenvalue weighted by Gasteiger charge is -2.38. The van der Waals surface area contributed by atoms with E-state index in [0.29, 0.717) is 44.4 Å². The fourth-order valence-corrected chi connectivity index (χ4v) is 3.58. The van der Waals surface area contributed by atoms with Gasteiger partial charge in [-0.15, -0.1) is 0 Å². The van der Waals surface area contributed by atoms with Crippen molar-refractivity contribution in [2.24, 2.45) is 0 Å². The van der Waals surface area contributed by atoms with E-state index in [1.807, 2.05) is 0 Å². The summed E-state index contributed by atoms with van der Waals surface area (Å²) >= 11 is 4.18. The molecule has 2 aliphatic heterocycles. The maximum Gasteiger partial charge on any atom is 0.416 e. The molecule has 7 nitrogen and oxygen atoms in total. The molecule has 1 aromatic heterocycles. The normalized spacial score (nSPS) is 19.1. The quantitative estimate of drug-likeness (QED) is 0.722. The lowest BCUT2D eigenvalue weighted by atomic mass is 10.1. The summed E-state index contributed by atoms with van der Waals surface area (Å²) in [6.45, 7) is 3.21. The van der Waals surface area contributed by atoms with E-state index in [9.17, 15) is 18.0 Å². The monoisotopic (exact) mass is 439 g/mol. The number of aromatic nitrogens is 2. The van der Waals surface area contributed by atoms with Gasteiger partial charge in [-0.1, -0.05) is 24.9 Å². The SMILES string of the molecule is O=C1CN(S)CCN1c1cnc(OC2CN(Cc3ccc(C(F)(F)F)cc3)C2)cn1. The molecule has 0 radical (unpaired) electrons. The molecule has 0 bridgehead atoms. The lowest BCUT2D eigenvalue weighted by Crippen LogP contribution is -2.53. The van der Waals surface area contributed by atoms with Crippen LogP contribution in [0.25, 0.3) is 0 Å². The van der Waals surface area contributed by atoms with Crippen LogP contribution < -0.4 is 9.64 Å². The molecule has 2 saturated heterocycles. The molecule has 2 aromatic rings. The Morgan fingerprint density at radius 3 is 2.43 bits per heavy atom. The minimum absolute atomic E-state index is 0.0612. The van der Waals surface area contributed by atoms with Crippen LogP contribution in [0.2, 0.25) is 0 Å². The van der Waals surface area contributed by atoms with Gasteiger partial charge >= 0.3 is 6.18 Å². The Morgan fingerprint density at radius 1 is 1.10 bits per heavy atom. The van der Waals surface area contributed by atoms with Crippen LogP contribution in [-0.2, 0) is 17.5 Å². The van der Waals surface area contributed by atoms with E-state index in [2.05, 4.69) is 27.7 Å². The highest BCUT2D eigenvalue weighted by Crippen LogP contribution is 2.29. The van der Waals surface area contributed by atoms with Crippen LogP contribution in [0.4, 0.5) is 19.0 Å². The summed E-state index contributed by atoms with van der Waals surface area (Å²) in [5.41, 5.74) is 0.170. The summed E-state index contributed by atoms with van der Waals surface area (Å²) in [6.07, 6.45) is -1.37. The summed E-state index contributed by atoms with van der Waals surface area (Å²) in [5.74, 6) is 0.765. The maximum atomic E-state index is 12.6. The van der Waals surface area contributed by atoms with E-state index >= 15 is 0 Å². The molecule has 160 valence electrons. The number of likely N-dealkylation sites (tertiary alicyclic amines) is 1. The number of benzene rings is 1. The predicted molar refractivity (Wildman–Crippen MR) is 106 cm³/mol. The number of alkyl halides is 3. The number of hydrogen-bond acceptors (Lipinski definition) is 7. The molecule has 0 atom stereocenters. The Balaban J connectivity index is 1.25. The van der Waals surface area contributed by atoms with Gasteiger partial charge in [0, 0.05) is 32.7 Å². The molecule has 0 N–H and O–H groups in total. The number of ether oxygens (including phenoxy) is 1. The van der Waals surface area contributed by atoms with Gasteiger partial charge in [-0.25, -0.2) is 14.3 Å². The largest absolute Gasteiger partial charge is 0.471 e. The molecule has 0 spiro atoms. The molecule has 0 saturated carbocycles. The van der Waals surface area contributed by atoms with E-state index in [4.69, 9.17) is 4.74 Å². The van der Waals surface area contributed by atoms with Gasteiger partial charge in [0.05, 0.1) is 24.5 Å². The summed E-state index contributed by atoms with van der Waals surface area (Å²) in [5, 5.41) is 0. The summed E-state index contributed by atoms with van der Waals surface area (Å²) < 4.78 is 45.3. The molecular weight excluding hydrogens is 419 g/mol. The second kappa shape index (κ2) is 8.40. The highest BCUT2D eigenvalue weighted by Gasteiger charge is 2.31. The fraction of sp³-hybridized carbons (Fsp3) is 0.421. The first kappa shape index (κ1) is 20.9. The van der Waals surface area contributed by atoms with Gasteiger partial charge in [-0.2, -0.15) is 13.2 Å². The van der Waals surface area contributed by atoms with E-state index in [1.165, 1.54) is 24.5 Å². The Morgan fingerprint density at radius 2 is 1.83 bits per heavy atom. The van der Waals surface area contributed by atoms with Crippen LogP contribution in [0.5, 0.6) is 5.88 Å². The third-order valence-corrected chi connectivity index (χ3v) is 5.33. The van der Waals surface area contributed by atoms with Crippen molar-refractivity contribution in [3.63, 3.8) is 0 Å². The van der Waals surface area contributed by atoms with Gasteiger partial charge in [-0.05, 0) is 17.7 Å². The van der Waals surface area contributed by atoms with Crippen LogP contribution in [-0.4, -0.2) is 63.9 Å². The number of carbonyl (C=O) groups excluding carboxylic acids is 1. The molecule has 4 rings (SSSR count). The van der Waals surface area contributed by atoms with Crippen LogP contribution in [0.3, 0.4) is 0 Å². The average molecular weight is 439 g/mol. The van der Waals surface area contributed by atoms with E-state index in [-0.39, 0.29) is 18.6 Å². The van der Waals surface area contributed by atoms with E-state index in [1.54, 1.807) is 9.21 Å².